The molecule has 10 heteroatoms. The second kappa shape index (κ2) is 7.44. The summed E-state index contributed by atoms with van der Waals surface area (Å²) in [4.78, 5) is 10.8. The molecule has 3 heterocycles. The van der Waals surface area contributed by atoms with Crippen LogP contribution >= 0.6 is 11.6 Å². The standard InChI is InChI=1S/C20H22ClN5O4/c1-25(13-7-6-10-4-2-3-5-11(10)13)17-12-8-22-26(18(12)24-20(21)23-17)19-16(29)15(28)14(9-27)30-19/h2-5,8,13-16,19,27-29H,6-7,9H2,1H3/t13?,14-,15-,16-,19-/m1/s1. The summed E-state index contributed by atoms with van der Waals surface area (Å²) in [5, 5.41) is 34.9. The van der Waals surface area contributed by atoms with Crippen LogP contribution in [0.15, 0.2) is 30.5 Å². The van der Waals surface area contributed by atoms with Crippen LogP contribution in [0.5, 0.6) is 0 Å². The fourth-order valence-electron chi connectivity index (χ4n) is 4.51. The SMILES string of the molecule is CN(c1nc(Cl)nc2c1cnn2[C@@H]1O[C@H](CO)[C@@H](O)[C@H]1O)C1CCc2ccccc21. The van der Waals surface area contributed by atoms with Gasteiger partial charge in [-0.2, -0.15) is 15.1 Å². The van der Waals surface area contributed by atoms with E-state index in [2.05, 4.69) is 32.1 Å². The van der Waals surface area contributed by atoms with E-state index in [0.717, 1.165) is 12.8 Å². The smallest absolute Gasteiger partial charge is 0.226 e. The van der Waals surface area contributed by atoms with E-state index in [1.165, 1.54) is 15.8 Å². The van der Waals surface area contributed by atoms with Gasteiger partial charge in [-0.15, -0.1) is 0 Å². The molecule has 0 spiro atoms. The largest absolute Gasteiger partial charge is 0.394 e. The monoisotopic (exact) mass is 431 g/mol. The summed E-state index contributed by atoms with van der Waals surface area (Å²) in [5.41, 5.74) is 2.98. The molecule has 0 bridgehead atoms. The van der Waals surface area contributed by atoms with Crippen LogP contribution in [0.4, 0.5) is 5.82 Å². The van der Waals surface area contributed by atoms with Crippen LogP contribution in [-0.4, -0.2) is 67.0 Å². The number of benzene rings is 1. The van der Waals surface area contributed by atoms with Crippen molar-refractivity contribution >= 4 is 28.5 Å². The van der Waals surface area contributed by atoms with E-state index < -0.39 is 31.1 Å². The number of hydrogen-bond donors (Lipinski definition) is 3. The van der Waals surface area contributed by atoms with Gasteiger partial charge >= 0.3 is 0 Å². The quantitative estimate of drug-likeness (QED) is 0.528. The molecule has 1 aliphatic heterocycles. The van der Waals surface area contributed by atoms with Gasteiger partial charge in [-0.25, -0.2) is 4.68 Å². The number of ether oxygens (including phenoxy) is 1. The number of nitrogens with zero attached hydrogens (tertiary/aromatic N) is 5. The average molecular weight is 432 g/mol. The molecular formula is C20H22ClN5O4. The minimum absolute atomic E-state index is 0.0455. The number of halogens is 1. The molecule has 2 aromatic heterocycles. The van der Waals surface area contributed by atoms with Gasteiger partial charge in [0.15, 0.2) is 11.9 Å². The Kier molecular flexibility index (Phi) is 4.87. The first-order valence-corrected chi connectivity index (χ1v) is 10.2. The minimum atomic E-state index is -1.26. The lowest BCUT2D eigenvalue weighted by Crippen LogP contribution is -2.33. The van der Waals surface area contributed by atoms with Gasteiger partial charge < -0.3 is 25.0 Å². The number of fused-ring (bicyclic) bond motifs is 2. The Balaban J connectivity index is 1.55. The molecular weight excluding hydrogens is 410 g/mol. The molecule has 1 unspecified atom stereocenters. The molecule has 5 atom stereocenters. The van der Waals surface area contributed by atoms with Gasteiger partial charge in [0.05, 0.1) is 24.2 Å². The van der Waals surface area contributed by atoms with Crippen LogP contribution in [0, 0.1) is 0 Å². The van der Waals surface area contributed by atoms with Gasteiger partial charge in [0, 0.05) is 7.05 Å². The number of aryl methyl sites for hydroxylation is 1. The molecule has 0 radical (unpaired) electrons. The maximum absolute atomic E-state index is 10.4. The predicted octanol–water partition coefficient (Wildman–Crippen LogP) is 1.21. The van der Waals surface area contributed by atoms with Crippen molar-refractivity contribution in [2.75, 3.05) is 18.6 Å². The Morgan fingerprint density at radius 1 is 1.23 bits per heavy atom. The molecule has 30 heavy (non-hydrogen) atoms. The van der Waals surface area contributed by atoms with Crippen LogP contribution in [0.25, 0.3) is 11.0 Å². The Hall–Kier alpha value is -2.30. The molecule has 3 N–H and O–H groups in total. The third-order valence-electron chi connectivity index (χ3n) is 6.07. The number of anilines is 1. The predicted molar refractivity (Wildman–Crippen MR) is 109 cm³/mol. The average Bonchev–Trinajstić information content (AvgIpc) is 3.43. The minimum Gasteiger partial charge on any atom is -0.394 e. The van der Waals surface area contributed by atoms with E-state index in [4.69, 9.17) is 16.3 Å². The molecule has 0 amide bonds. The van der Waals surface area contributed by atoms with Crippen LogP contribution in [-0.2, 0) is 11.2 Å². The molecule has 158 valence electrons. The molecule has 2 aliphatic rings. The summed E-state index contributed by atoms with van der Waals surface area (Å²) < 4.78 is 6.99. The lowest BCUT2D eigenvalue weighted by Gasteiger charge is -2.27. The second-order valence-electron chi connectivity index (χ2n) is 7.74. The van der Waals surface area contributed by atoms with Gasteiger partial charge in [-0.1, -0.05) is 24.3 Å². The van der Waals surface area contributed by atoms with Crippen molar-refractivity contribution in [2.24, 2.45) is 0 Å². The van der Waals surface area contributed by atoms with Crippen molar-refractivity contribution in [3.63, 3.8) is 0 Å². The van der Waals surface area contributed by atoms with Gasteiger partial charge in [0.2, 0.25) is 5.28 Å². The number of aromatic nitrogens is 4. The fourth-order valence-corrected chi connectivity index (χ4v) is 4.67. The van der Waals surface area contributed by atoms with Crippen LogP contribution in [0.2, 0.25) is 5.28 Å². The summed E-state index contributed by atoms with van der Waals surface area (Å²) >= 11 is 6.25. The van der Waals surface area contributed by atoms with Crippen LogP contribution < -0.4 is 4.90 Å². The van der Waals surface area contributed by atoms with E-state index >= 15 is 0 Å². The van der Waals surface area contributed by atoms with Gasteiger partial charge in [-0.3, -0.25) is 0 Å². The molecule has 9 nitrogen and oxygen atoms in total. The lowest BCUT2D eigenvalue weighted by molar-refractivity contribution is -0.0566. The zero-order valence-electron chi connectivity index (χ0n) is 16.3. The maximum Gasteiger partial charge on any atom is 0.226 e. The van der Waals surface area contributed by atoms with Crippen LogP contribution in [0.3, 0.4) is 0 Å². The first kappa shape index (κ1) is 19.7. The Bertz CT molecular complexity index is 1090. The normalized spacial score (nSPS) is 28.2. The molecule has 1 saturated heterocycles. The van der Waals surface area contributed by atoms with Crippen molar-refractivity contribution < 1.29 is 20.1 Å². The van der Waals surface area contributed by atoms with E-state index in [9.17, 15) is 15.3 Å². The number of rotatable bonds is 4. The van der Waals surface area contributed by atoms with Crippen molar-refractivity contribution in [1.82, 2.24) is 19.7 Å². The summed E-state index contributed by atoms with van der Waals surface area (Å²) in [6.45, 7) is -0.418. The molecule has 1 aromatic carbocycles. The Labute approximate surface area is 177 Å². The van der Waals surface area contributed by atoms with Gasteiger partial charge in [0.1, 0.15) is 24.1 Å². The zero-order valence-corrected chi connectivity index (χ0v) is 17.0. The second-order valence-corrected chi connectivity index (χ2v) is 8.07. The highest BCUT2D eigenvalue weighted by atomic mass is 35.5. The lowest BCUT2D eigenvalue weighted by atomic mass is 10.1. The van der Waals surface area contributed by atoms with E-state index in [1.807, 2.05) is 19.2 Å². The van der Waals surface area contributed by atoms with Crippen molar-refractivity contribution in [2.45, 2.75) is 43.4 Å². The number of hydrogen-bond acceptors (Lipinski definition) is 8. The maximum atomic E-state index is 10.4. The first-order chi connectivity index (χ1) is 14.5. The van der Waals surface area contributed by atoms with Gasteiger partial charge in [-0.05, 0) is 35.6 Å². The highest BCUT2D eigenvalue weighted by Crippen LogP contribution is 2.39. The molecule has 3 aromatic rings. The van der Waals surface area contributed by atoms with Crippen molar-refractivity contribution in [1.29, 1.82) is 0 Å². The third-order valence-corrected chi connectivity index (χ3v) is 6.24. The zero-order chi connectivity index (χ0) is 21.0. The Morgan fingerprint density at radius 3 is 2.80 bits per heavy atom. The van der Waals surface area contributed by atoms with Gasteiger partial charge in [0.25, 0.3) is 0 Å². The summed E-state index contributed by atoms with van der Waals surface area (Å²) in [6, 6.07) is 8.50. The summed E-state index contributed by atoms with van der Waals surface area (Å²) in [6.07, 6.45) is -0.829. The third kappa shape index (κ3) is 2.97. The highest BCUT2D eigenvalue weighted by Gasteiger charge is 2.44. The molecule has 5 rings (SSSR count). The van der Waals surface area contributed by atoms with E-state index in [1.54, 1.807) is 6.20 Å². The number of aliphatic hydroxyl groups is 3. The summed E-state index contributed by atoms with van der Waals surface area (Å²) in [7, 11) is 1.97. The van der Waals surface area contributed by atoms with E-state index in [-0.39, 0.29) is 11.3 Å². The molecule has 1 aliphatic carbocycles. The van der Waals surface area contributed by atoms with Crippen LogP contribution in [0.1, 0.15) is 29.8 Å². The summed E-state index contributed by atoms with van der Waals surface area (Å²) in [5.74, 6) is 0.629. The fraction of sp³-hybridized carbons (Fsp3) is 0.450. The van der Waals surface area contributed by atoms with Crippen molar-refractivity contribution in [3.05, 3.63) is 46.9 Å². The van der Waals surface area contributed by atoms with Crippen molar-refractivity contribution in [3.8, 4) is 0 Å². The first-order valence-electron chi connectivity index (χ1n) is 9.83. The highest BCUT2D eigenvalue weighted by molar-refractivity contribution is 6.28. The Morgan fingerprint density at radius 2 is 2.03 bits per heavy atom. The topological polar surface area (TPSA) is 117 Å². The number of aliphatic hydroxyl groups excluding tert-OH is 3. The molecule has 0 saturated carbocycles. The van der Waals surface area contributed by atoms with E-state index in [0.29, 0.717) is 16.9 Å². The molecule has 1 fully saturated rings.